The summed E-state index contributed by atoms with van der Waals surface area (Å²) in [5.41, 5.74) is 0.370. The van der Waals surface area contributed by atoms with Crippen molar-refractivity contribution in [2.45, 2.75) is 26.4 Å². The van der Waals surface area contributed by atoms with Crippen LogP contribution in [0.15, 0.2) is 29.8 Å². The summed E-state index contributed by atoms with van der Waals surface area (Å²) in [5.74, 6) is -0.690. The number of benzene rings is 1. The summed E-state index contributed by atoms with van der Waals surface area (Å²) in [4.78, 5) is 11.6. The van der Waals surface area contributed by atoms with Gasteiger partial charge >= 0.3 is 12.6 Å². The highest BCUT2D eigenvalue weighted by molar-refractivity contribution is 5.97. The molecule has 112 valence electrons. The summed E-state index contributed by atoms with van der Waals surface area (Å²) in [5, 5.41) is 8.94. The van der Waals surface area contributed by atoms with Crippen LogP contribution in [0.3, 0.4) is 0 Å². The van der Waals surface area contributed by atoms with E-state index in [-0.39, 0.29) is 17.9 Å². The Labute approximate surface area is 121 Å². The third kappa shape index (κ3) is 6.04. The number of unbranched alkanes of at least 4 members (excludes halogenated alkanes) is 1. The zero-order chi connectivity index (χ0) is 15.7. The molecule has 0 saturated carbocycles. The van der Waals surface area contributed by atoms with E-state index in [0.29, 0.717) is 5.56 Å². The van der Waals surface area contributed by atoms with Crippen LogP contribution in [0.5, 0.6) is 5.75 Å². The Bertz CT molecular complexity index is 533. The molecule has 1 aromatic rings. The van der Waals surface area contributed by atoms with Crippen molar-refractivity contribution in [2.24, 2.45) is 0 Å². The number of nitriles is 1. The standard InChI is InChI=1S/C15H15F2NO3/c1-2-3-8-20-14(19)12(10-18)9-11-4-6-13(7-5-11)21-15(16)17/h4-7,9,15H,2-3,8H2,1H3. The molecule has 0 spiro atoms. The molecule has 0 fully saturated rings. The summed E-state index contributed by atoms with van der Waals surface area (Å²) in [7, 11) is 0. The van der Waals surface area contributed by atoms with Gasteiger partial charge in [0.1, 0.15) is 17.4 Å². The van der Waals surface area contributed by atoms with E-state index >= 15 is 0 Å². The van der Waals surface area contributed by atoms with Crippen molar-refractivity contribution in [2.75, 3.05) is 6.61 Å². The Morgan fingerprint density at radius 1 is 1.38 bits per heavy atom. The molecule has 1 aromatic carbocycles. The van der Waals surface area contributed by atoms with Gasteiger partial charge in [0.2, 0.25) is 0 Å². The lowest BCUT2D eigenvalue weighted by Crippen LogP contribution is -2.07. The van der Waals surface area contributed by atoms with E-state index < -0.39 is 12.6 Å². The van der Waals surface area contributed by atoms with E-state index in [0.717, 1.165) is 12.8 Å². The van der Waals surface area contributed by atoms with Crippen LogP contribution in [0.1, 0.15) is 25.3 Å². The highest BCUT2D eigenvalue weighted by Crippen LogP contribution is 2.17. The zero-order valence-electron chi connectivity index (χ0n) is 11.5. The van der Waals surface area contributed by atoms with Gasteiger partial charge in [-0.05, 0) is 30.2 Å². The fourth-order valence-corrected chi connectivity index (χ4v) is 1.44. The van der Waals surface area contributed by atoms with Gasteiger partial charge in [-0.1, -0.05) is 25.5 Å². The third-order valence-electron chi connectivity index (χ3n) is 2.49. The number of alkyl halides is 2. The number of halogens is 2. The second-order valence-corrected chi connectivity index (χ2v) is 4.11. The molecular formula is C15H15F2NO3. The Morgan fingerprint density at radius 3 is 2.57 bits per heavy atom. The van der Waals surface area contributed by atoms with E-state index in [1.54, 1.807) is 6.07 Å². The molecule has 0 atom stereocenters. The summed E-state index contributed by atoms with van der Waals surface area (Å²) < 4.78 is 33.1. The number of ether oxygens (including phenoxy) is 2. The first-order valence-corrected chi connectivity index (χ1v) is 6.40. The van der Waals surface area contributed by atoms with Crippen molar-refractivity contribution in [1.82, 2.24) is 0 Å². The first-order valence-electron chi connectivity index (χ1n) is 6.40. The summed E-state index contributed by atoms with van der Waals surface area (Å²) >= 11 is 0. The molecule has 0 aliphatic heterocycles. The Balaban J connectivity index is 2.74. The molecule has 0 saturated heterocycles. The Kier molecular flexibility index (Phi) is 6.88. The molecule has 0 aliphatic carbocycles. The summed E-state index contributed by atoms with van der Waals surface area (Å²) in [6.07, 6.45) is 2.94. The van der Waals surface area contributed by atoms with E-state index in [4.69, 9.17) is 10.00 Å². The van der Waals surface area contributed by atoms with Crippen LogP contribution >= 0.6 is 0 Å². The second-order valence-electron chi connectivity index (χ2n) is 4.11. The molecular weight excluding hydrogens is 280 g/mol. The van der Waals surface area contributed by atoms with Crippen LogP contribution in [0.2, 0.25) is 0 Å². The van der Waals surface area contributed by atoms with Crippen LogP contribution in [0.25, 0.3) is 6.08 Å². The third-order valence-corrected chi connectivity index (χ3v) is 2.49. The highest BCUT2D eigenvalue weighted by atomic mass is 19.3. The molecule has 0 aliphatic rings. The van der Waals surface area contributed by atoms with Gasteiger partial charge in [0.05, 0.1) is 6.61 Å². The van der Waals surface area contributed by atoms with Gasteiger partial charge < -0.3 is 9.47 Å². The lowest BCUT2D eigenvalue weighted by atomic mass is 10.1. The van der Waals surface area contributed by atoms with Crippen molar-refractivity contribution in [3.05, 3.63) is 35.4 Å². The van der Waals surface area contributed by atoms with Gasteiger partial charge in [0.15, 0.2) is 0 Å². The Hall–Kier alpha value is -2.42. The Morgan fingerprint density at radius 2 is 2.05 bits per heavy atom. The highest BCUT2D eigenvalue weighted by Gasteiger charge is 2.10. The SMILES string of the molecule is CCCCOC(=O)C(C#N)=Cc1ccc(OC(F)F)cc1. The van der Waals surface area contributed by atoms with Crippen molar-refractivity contribution in [1.29, 1.82) is 5.26 Å². The van der Waals surface area contributed by atoms with Gasteiger partial charge in [-0.25, -0.2) is 4.79 Å². The molecule has 21 heavy (non-hydrogen) atoms. The predicted octanol–water partition coefficient (Wildman–Crippen LogP) is 3.54. The number of hydrogen-bond acceptors (Lipinski definition) is 4. The molecule has 4 nitrogen and oxygen atoms in total. The largest absolute Gasteiger partial charge is 0.462 e. The molecule has 0 aromatic heterocycles. The first-order chi connectivity index (χ1) is 10.1. The molecule has 0 unspecified atom stereocenters. The number of esters is 1. The lowest BCUT2D eigenvalue weighted by Gasteiger charge is -2.05. The van der Waals surface area contributed by atoms with E-state index in [2.05, 4.69) is 4.74 Å². The second kappa shape index (κ2) is 8.69. The molecule has 0 bridgehead atoms. The van der Waals surface area contributed by atoms with Crippen molar-refractivity contribution in [3.8, 4) is 11.8 Å². The molecule has 0 radical (unpaired) electrons. The fourth-order valence-electron chi connectivity index (χ4n) is 1.44. The van der Waals surface area contributed by atoms with E-state index in [1.807, 2.05) is 6.92 Å². The van der Waals surface area contributed by atoms with E-state index in [1.165, 1.54) is 30.3 Å². The summed E-state index contributed by atoms with van der Waals surface area (Å²) in [6, 6.07) is 7.35. The lowest BCUT2D eigenvalue weighted by molar-refractivity contribution is -0.138. The molecule has 6 heteroatoms. The number of hydrogen-bond donors (Lipinski definition) is 0. The van der Waals surface area contributed by atoms with Crippen LogP contribution < -0.4 is 4.74 Å². The van der Waals surface area contributed by atoms with Crippen molar-refractivity contribution < 1.29 is 23.0 Å². The number of carbonyl (C=O) groups is 1. The fraction of sp³-hybridized carbons (Fsp3) is 0.333. The first kappa shape index (κ1) is 16.6. The molecule has 1 rings (SSSR count). The van der Waals surface area contributed by atoms with Gasteiger partial charge in [0.25, 0.3) is 0 Å². The summed E-state index contributed by atoms with van der Waals surface area (Å²) in [6.45, 7) is -0.678. The maximum Gasteiger partial charge on any atom is 0.387 e. The van der Waals surface area contributed by atoms with Crippen LogP contribution in [-0.2, 0) is 9.53 Å². The van der Waals surface area contributed by atoms with Crippen LogP contribution in [-0.4, -0.2) is 19.2 Å². The monoisotopic (exact) mass is 295 g/mol. The minimum Gasteiger partial charge on any atom is -0.462 e. The molecule has 0 heterocycles. The number of rotatable bonds is 7. The van der Waals surface area contributed by atoms with Crippen molar-refractivity contribution in [3.63, 3.8) is 0 Å². The topological polar surface area (TPSA) is 59.3 Å². The minimum absolute atomic E-state index is 0.00572. The van der Waals surface area contributed by atoms with Crippen LogP contribution in [0, 0.1) is 11.3 Å². The maximum atomic E-state index is 12.0. The molecule has 0 N–H and O–H groups in total. The maximum absolute atomic E-state index is 12.0. The van der Waals surface area contributed by atoms with Gasteiger partial charge in [-0.2, -0.15) is 14.0 Å². The smallest absolute Gasteiger partial charge is 0.387 e. The van der Waals surface area contributed by atoms with Gasteiger partial charge in [-0.15, -0.1) is 0 Å². The molecule has 0 amide bonds. The average Bonchev–Trinajstić information content (AvgIpc) is 2.46. The van der Waals surface area contributed by atoms with E-state index in [9.17, 15) is 13.6 Å². The number of nitrogens with zero attached hydrogens (tertiary/aromatic N) is 1. The number of carbonyl (C=O) groups excluding carboxylic acids is 1. The normalized spacial score (nSPS) is 11.1. The quantitative estimate of drug-likeness (QED) is 0.334. The van der Waals surface area contributed by atoms with Gasteiger partial charge in [0, 0.05) is 0 Å². The van der Waals surface area contributed by atoms with Gasteiger partial charge in [-0.3, -0.25) is 0 Å². The predicted molar refractivity (Wildman–Crippen MR) is 72.5 cm³/mol. The average molecular weight is 295 g/mol. The van der Waals surface area contributed by atoms with Crippen molar-refractivity contribution >= 4 is 12.0 Å². The zero-order valence-corrected chi connectivity index (χ0v) is 11.5. The van der Waals surface area contributed by atoms with Crippen LogP contribution in [0.4, 0.5) is 8.78 Å². The minimum atomic E-state index is -2.89.